The van der Waals surface area contributed by atoms with E-state index >= 15 is 0 Å². The number of thioether (sulfide) groups is 1. The van der Waals surface area contributed by atoms with Gasteiger partial charge >= 0.3 is 29.9 Å². The van der Waals surface area contributed by atoms with Gasteiger partial charge in [0.05, 0.1) is 30.8 Å². The molecular weight excluding hydrogens is 943 g/mol. The first-order chi connectivity index (χ1) is 33.2. The minimum absolute atomic E-state index is 0.00193. The molecule has 0 aliphatic carbocycles. The summed E-state index contributed by atoms with van der Waals surface area (Å²) in [7, 11) is 0. The third kappa shape index (κ3) is 23.5. The highest BCUT2D eigenvalue weighted by Gasteiger charge is 2.32. The van der Waals surface area contributed by atoms with Crippen LogP contribution in [0.3, 0.4) is 0 Å². The Bertz CT molecular complexity index is 2130. The van der Waals surface area contributed by atoms with Crippen molar-refractivity contribution in [3.8, 4) is 0 Å². The zero-order valence-corrected chi connectivity index (χ0v) is 39.0. The van der Waals surface area contributed by atoms with Crippen molar-refractivity contribution in [3.05, 3.63) is 71.8 Å². The largest absolute Gasteiger partial charge is 0.481 e. The van der Waals surface area contributed by atoms with E-state index in [1.54, 1.807) is 66.9 Å². The highest BCUT2D eigenvalue weighted by molar-refractivity contribution is 7.98. The molecule has 2 aromatic carbocycles. The molecule has 2 aromatic rings. The van der Waals surface area contributed by atoms with Crippen LogP contribution in [0.1, 0.15) is 62.5 Å². The number of hydrogen-bond acceptors (Lipinski definition) is 15. The molecule has 0 saturated heterocycles. The van der Waals surface area contributed by atoms with Crippen LogP contribution in [0.5, 0.6) is 0 Å². The Morgan fingerprint density at radius 3 is 1.77 bits per heavy atom. The minimum atomic E-state index is -1.61. The molecule has 0 aromatic heterocycles. The Balaban J connectivity index is 2.12. The summed E-state index contributed by atoms with van der Waals surface area (Å²) in [4.78, 5) is 149. The maximum atomic E-state index is 14.1. The first-order valence-corrected chi connectivity index (χ1v) is 23.2. The maximum Gasteiger partial charge on any atom is 0.326 e. The molecule has 2 rings (SSSR count). The van der Waals surface area contributed by atoms with Gasteiger partial charge in [0.1, 0.15) is 12.1 Å². The minimum Gasteiger partial charge on any atom is -0.481 e. The summed E-state index contributed by atoms with van der Waals surface area (Å²) in [6, 6.07) is 10.2. The molecule has 0 aliphatic rings. The molecule has 0 unspecified atom stereocenters. The van der Waals surface area contributed by atoms with Crippen LogP contribution in [0, 0.1) is 11.8 Å². The lowest BCUT2D eigenvalue weighted by Crippen LogP contribution is -2.53. The summed E-state index contributed by atoms with van der Waals surface area (Å²) in [5.74, 6) is -12.1. The monoisotopic (exact) mass is 1000 g/mol. The van der Waals surface area contributed by atoms with E-state index in [0.717, 1.165) is 0 Å². The van der Waals surface area contributed by atoms with E-state index in [4.69, 9.17) is 10.8 Å². The molecule has 0 saturated carbocycles. The van der Waals surface area contributed by atoms with Gasteiger partial charge in [0, 0.05) is 56.9 Å². The summed E-state index contributed by atoms with van der Waals surface area (Å²) >= 11 is 1.17. The number of rotatable bonds is 35. The number of hydrogen-bond donors (Lipinski definition) is 11. The Labute approximate surface area is 406 Å². The van der Waals surface area contributed by atoms with Gasteiger partial charge in [-0.25, -0.2) is 9.59 Å². The van der Waals surface area contributed by atoms with Gasteiger partial charge in [-0.05, 0) is 36.6 Å². The number of Topliss-reactive ketones (excluding diaryl/α,β-unsaturated/α-hetero) is 2. The zero-order chi connectivity index (χ0) is 52.2. The second-order valence-electron chi connectivity index (χ2n) is 15.8. The summed E-state index contributed by atoms with van der Waals surface area (Å²) in [5.41, 5.74) is 7.36. The Hall–Kier alpha value is -7.41. The van der Waals surface area contributed by atoms with Crippen molar-refractivity contribution < 1.29 is 82.7 Å². The standard InChI is InChI=1S/C45H59N7O17S/c1-70-24-29(43(64)65)21-35(55)33(22-40(60)61)50-42(63)30(46)23-48-41(62)28(18-26-8-4-2-5-9-26)20-34(54)32(19-27-10-6-3-7-11-27)49-37(57)16-17-47-36(56)13-12-31(44(66)67)51-45(68)52-38(69-25-53)14-15-39(58)59/h2-11,25,28-33,38H,12-24,46H2,1H3,(H,47,56)(H,48,62)(H,49,57)(H,50,63)(H,58,59)(H,60,61)(H,64,65)(H,66,67)(H2,51,52,68)/t28-,29+,30+,31+,32+,33+,38-/m1/s1. The highest BCUT2D eigenvalue weighted by atomic mass is 32.2. The molecule has 382 valence electrons. The summed E-state index contributed by atoms with van der Waals surface area (Å²) in [6.45, 7) is -0.800. The number of carboxylic acid groups (broad SMARTS) is 4. The van der Waals surface area contributed by atoms with Gasteiger partial charge in [0.25, 0.3) is 6.47 Å². The van der Waals surface area contributed by atoms with Crippen molar-refractivity contribution in [2.24, 2.45) is 17.6 Å². The quantitative estimate of drug-likeness (QED) is 0.0302. The second kappa shape index (κ2) is 31.6. The van der Waals surface area contributed by atoms with Crippen LogP contribution in [0.15, 0.2) is 60.7 Å². The number of carbonyl (C=O) groups excluding carboxylic acids is 8. The Morgan fingerprint density at radius 1 is 0.614 bits per heavy atom. The van der Waals surface area contributed by atoms with Crippen molar-refractivity contribution in [2.75, 3.05) is 25.1 Å². The number of carboxylic acids is 4. The number of ketones is 2. The van der Waals surface area contributed by atoms with Crippen LogP contribution >= 0.6 is 11.8 Å². The molecule has 0 bridgehead atoms. The summed E-state index contributed by atoms with van der Waals surface area (Å²) in [6.07, 6.45) is -3.52. The van der Waals surface area contributed by atoms with E-state index in [1.807, 2.05) is 0 Å². The predicted octanol–water partition coefficient (Wildman–Crippen LogP) is -0.639. The number of nitrogens with one attached hydrogen (secondary N) is 6. The van der Waals surface area contributed by atoms with Crippen molar-refractivity contribution in [3.63, 3.8) is 0 Å². The van der Waals surface area contributed by atoms with Gasteiger partial charge in [0.15, 0.2) is 17.8 Å². The molecule has 7 atom stereocenters. The van der Waals surface area contributed by atoms with E-state index < -0.39 is 152 Å². The zero-order valence-electron chi connectivity index (χ0n) is 38.2. The smallest absolute Gasteiger partial charge is 0.326 e. The van der Waals surface area contributed by atoms with Gasteiger partial charge in [-0.2, -0.15) is 11.8 Å². The van der Waals surface area contributed by atoms with Gasteiger partial charge in [0.2, 0.25) is 23.6 Å². The van der Waals surface area contributed by atoms with E-state index in [9.17, 15) is 72.9 Å². The molecule has 0 fully saturated rings. The topological polar surface area (TPSA) is 393 Å². The van der Waals surface area contributed by atoms with Crippen molar-refractivity contribution in [1.29, 1.82) is 0 Å². The van der Waals surface area contributed by atoms with Gasteiger partial charge in [-0.15, -0.1) is 0 Å². The third-order valence-corrected chi connectivity index (χ3v) is 11.0. The number of nitrogens with two attached hydrogens (primary N) is 1. The number of urea groups is 1. The van der Waals surface area contributed by atoms with Gasteiger partial charge < -0.3 is 62.8 Å². The number of aliphatic carboxylic acids is 4. The lowest BCUT2D eigenvalue weighted by atomic mass is 9.89. The Kier molecular flexibility index (Phi) is 26.5. The lowest BCUT2D eigenvalue weighted by molar-refractivity contribution is -0.144. The Morgan fingerprint density at radius 2 is 1.21 bits per heavy atom. The molecule has 12 N–H and O–H groups in total. The summed E-state index contributed by atoms with van der Waals surface area (Å²) in [5, 5.41) is 51.4. The van der Waals surface area contributed by atoms with Crippen LogP contribution in [0.25, 0.3) is 0 Å². The van der Waals surface area contributed by atoms with Crippen LogP contribution in [-0.2, 0) is 70.3 Å². The second-order valence-corrected chi connectivity index (χ2v) is 16.7. The van der Waals surface area contributed by atoms with E-state index in [2.05, 4.69) is 36.6 Å². The SMILES string of the molecule is CSC[C@H](CC(=O)[C@H](CC(=O)O)NC(=O)[C@@H](N)CNC(=O)[C@@H](CC(=O)[C@H](Cc1ccccc1)NC(=O)CCNC(=O)CC[C@H](NC(=O)N[C@@H](CCC(=O)O)OC=O)C(=O)O)Cc1ccccc1)C(=O)O. The predicted molar refractivity (Wildman–Crippen MR) is 247 cm³/mol. The van der Waals surface area contributed by atoms with E-state index in [-0.39, 0.29) is 44.5 Å². The average Bonchev–Trinajstić information content (AvgIpc) is 3.30. The fourth-order valence-corrected chi connectivity index (χ4v) is 7.29. The average molecular weight is 1000 g/mol. The van der Waals surface area contributed by atoms with Crippen LogP contribution in [0.2, 0.25) is 0 Å². The molecule has 0 aliphatic heterocycles. The first kappa shape index (κ1) is 58.7. The third-order valence-electron chi connectivity index (χ3n) is 10.3. The number of amides is 6. The highest BCUT2D eigenvalue weighted by Crippen LogP contribution is 2.17. The summed E-state index contributed by atoms with van der Waals surface area (Å²) < 4.78 is 4.60. The van der Waals surface area contributed by atoms with Gasteiger partial charge in [-0.1, -0.05) is 60.7 Å². The number of benzene rings is 2. The van der Waals surface area contributed by atoms with Crippen LogP contribution in [-0.4, -0.2) is 147 Å². The lowest BCUT2D eigenvalue weighted by Gasteiger charge is -2.23. The van der Waals surface area contributed by atoms with Crippen molar-refractivity contribution >= 4 is 83.3 Å². The van der Waals surface area contributed by atoms with Crippen LogP contribution < -0.4 is 37.6 Å². The molecule has 70 heavy (non-hydrogen) atoms. The molecular formula is C45H59N7O17S. The van der Waals surface area contributed by atoms with Gasteiger partial charge in [-0.3, -0.25) is 47.9 Å². The van der Waals surface area contributed by atoms with Crippen LogP contribution in [0.4, 0.5) is 4.79 Å². The van der Waals surface area contributed by atoms with Crippen molar-refractivity contribution in [2.45, 2.75) is 94.6 Å². The van der Waals surface area contributed by atoms with E-state index in [1.165, 1.54) is 11.8 Å². The molecule has 0 radical (unpaired) electrons. The number of ether oxygens (including phenoxy) is 1. The van der Waals surface area contributed by atoms with Crippen molar-refractivity contribution in [1.82, 2.24) is 31.9 Å². The molecule has 0 spiro atoms. The maximum absolute atomic E-state index is 14.1. The number of carbonyl (C=O) groups is 12. The van der Waals surface area contributed by atoms with E-state index in [0.29, 0.717) is 11.1 Å². The molecule has 24 nitrogen and oxygen atoms in total. The fraction of sp³-hybridized carbons (Fsp3) is 0.467. The molecule has 6 amide bonds. The fourth-order valence-electron chi connectivity index (χ4n) is 6.63. The normalized spacial score (nSPS) is 13.7. The molecule has 25 heteroatoms. The first-order valence-electron chi connectivity index (χ1n) is 21.8. The molecule has 0 heterocycles.